The van der Waals surface area contributed by atoms with E-state index in [0.717, 1.165) is 56.2 Å². The van der Waals surface area contributed by atoms with Crippen LogP contribution in [0.4, 0.5) is 17.1 Å². The number of anilines is 3. The van der Waals surface area contributed by atoms with Crippen LogP contribution in [0.5, 0.6) is 5.75 Å². The number of benzene rings is 2. The van der Waals surface area contributed by atoms with Gasteiger partial charge in [0.05, 0.1) is 35.6 Å². The van der Waals surface area contributed by atoms with Crippen molar-refractivity contribution >= 4 is 50.2 Å². The summed E-state index contributed by atoms with van der Waals surface area (Å²) in [7, 11) is -3.44. The maximum absolute atomic E-state index is 12.7. The second-order valence-electron chi connectivity index (χ2n) is 8.39. The second kappa shape index (κ2) is 12.2. The van der Waals surface area contributed by atoms with Crippen molar-refractivity contribution in [3.63, 3.8) is 0 Å². The summed E-state index contributed by atoms with van der Waals surface area (Å²) in [6, 6.07) is 15.0. The minimum absolute atomic E-state index is 0.333. The number of thiophene rings is 1. The van der Waals surface area contributed by atoms with E-state index in [9.17, 15) is 18.0 Å². The third-order valence-corrected chi connectivity index (χ3v) is 6.94. The summed E-state index contributed by atoms with van der Waals surface area (Å²) >= 11 is 1.14. The minimum Gasteiger partial charge on any atom is -0.492 e. The van der Waals surface area contributed by atoms with E-state index < -0.39 is 15.9 Å². The van der Waals surface area contributed by atoms with Crippen LogP contribution in [-0.4, -0.2) is 70.8 Å². The molecule has 1 aliphatic rings. The number of rotatable bonds is 10. The molecule has 2 heterocycles. The first kappa shape index (κ1) is 26.6. The molecule has 10 nitrogen and oxygen atoms in total. The Morgan fingerprint density at radius 3 is 2.41 bits per heavy atom. The molecule has 2 aromatic carbocycles. The van der Waals surface area contributed by atoms with E-state index in [2.05, 4.69) is 20.3 Å². The summed E-state index contributed by atoms with van der Waals surface area (Å²) in [6.45, 7) is 4.74. The van der Waals surface area contributed by atoms with Gasteiger partial charge in [0.1, 0.15) is 12.4 Å². The number of nitrogens with zero attached hydrogens (tertiary/aromatic N) is 1. The highest BCUT2D eigenvalue weighted by Gasteiger charge is 2.15. The molecule has 196 valence electrons. The zero-order valence-electron chi connectivity index (χ0n) is 20.2. The van der Waals surface area contributed by atoms with Crippen LogP contribution in [0.3, 0.4) is 0 Å². The first-order valence-electron chi connectivity index (χ1n) is 11.6. The van der Waals surface area contributed by atoms with Crippen LogP contribution in [0.1, 0.15) is 20.0 Å². The first-order valence-corrected chi connectivity index (χ1v) is 14.3. The van der Waals surface area contributed by atoms with Gasteiger partial charge in [-0.2, -0.15) is 0 Å². The molecule has 0 aliphatic carbocycles. The number of nitrogens with one attached hydrogen (secondary N) is 3. The number of ether oxygens (including phenoxy) is 2. The number of sulfonamides is 1. The molecule has 4 rings (SSSR count). The third kappa shape index (κ3) is 8.29. The van der Waals surface area contributed by atoms with Gasteiger partial charge in [-0.3, -0.25) is 19.2 Å². The molecule has 3 aromatic rings. The van der Waals surface area contributed by atoms with Gasteiger partial charge in [0.25, 0.3) is 11.8 Å². The lowest BCUT2D eigenvalue weighted by Crippen LogP contribution is -2.38. The number of morpholine rings is 1. The minimum atomic E-state index is -3.44. The quantitative estimate of drug-likeness (QED) is 0.357. The normalized spacial score (nSPS) is 14.1. The predicted molar refractivity (Wildman–Crippen MR) is 144 cm³/mol. The van der Waals surface area contributed by atoms with E-state index in [1.54, 1.807) is 47.8 Å². The van der Waals surface area contributed by atoms with Crippen molar-refractivity contribution in [2.24, 2.45) is 0 Å². The van der Waals surface area contributed by atoms with Gasteiger partial charge >= 0.3 is 0 Å². The van der Waals surface area contributed by atoms with Crippen molar-refractivity contribution in [1.29, 1.82) is 0 Å². The molecule has 1 aromatic heterocycles. The first-order chi connectivity index (χ1) is 17.7. The third-order valence-electron chi connectivity index (χ3n) is 5.40. The molecule has 0 bridgehead atoms. The summed E-state index contributed by atoms with van der Waals surface area (Å²) in [5.74, 6) is -0.0219. The average molecular weight is 545 g/mol. The lowest BCUT2D eigenvalue weighted by Gasteiger charge is -2.26. The van der Waals surface area contributed by atoms with E-state index in [1.807, 2.05) is 0 Å². The summed E-state index contributed by atoms with van der Waals surface area (Å²) in [5, 5.41) is 7.14. The zero-order valence-corrected chi connectivity index (χ0v) is 21.9. The fourth-order valence-electron chi connectivity index (χ4n) is 3.60. The van der Waals surface area contributed by atoms with Crippen LogP contribution in [0, 0.1) is 0 Å². The topological polar surface area (TPSA) is 126 Å². The Kier molecular flexibility index (Phi) is 8.77. The fourth-order valence-corrected chi connectivity index (χ4v) is 4.93. The smallest absolute Gasteiger partial charge is 0.265 e. The van der Waals surface area contributed by atoms with Crippen LogP contribution >= 0.6 is 11.3 Å². The van der Waals surface area contributed by atoms with Gasteiger partial charge in [0, 0.05) is 36.4 Å². The predicted octanol–water partition coefficient (Wildman–Crippen LogP) is 3.34. The number of hydrogen-bond donors (Lipinski definition) is 3. The van der Waals surface area contributed by atoms with E-state index in [-0.39, 0.29) is 5.91 Å². The Balaban J connectivity index is 1.27. The zero-order chi connectivity index (χ0) is 26.3. The Hall–Kier alpha value is -3.45. The van der Waals surface area contributed by atoms with E-state index in [0.29, 0.717) is 34.1 Å². The molecule has 1 fully saturated rings. The van der Waals surface area contributed by atoms with E-state index in [1.165, 1.54) is 12.1 Å². The van der Waals surface area contributed by atoms with Crippen molar-refractivity contribution in [1.82, 2.24) is 4.90 Å². The van der Waals surface area contributed by atoms with Gasteiger partial charge in [-0.05, 0) is 48.5 Å². The molecule has 0 atom stereocenters. The van der Waals surface area contributed by atoms with Gasteiger partial charge in [0.2, 0.25) is 10.0 Å². The number of hydrogen-bond acceptors (Lipinski definition) is 8. The van der Waals surface area contributed by atoms with Crippen LogP contribution in [0.15, 0.2) is 60.0 Å². The fraction of sp³-hybridized carbons (Fsp3) is 0.280. The molecule has 12 heteroatoms. The number of carbonyl (C=O) groups is 2. The van der Waals surface area contributed by atoms with Crippen LogP contribution in [0.2, 0.25) is 0 Å². The molecular formula is C25H28N4O6S2. The van der Waals surface area contributed by atoms with Gasteiger partial charge in [0.15, 0.2) is 0 Å². The molecule has 1 saturated heterocycles. The van der Waals surface area contributed by atoms with Crippen molar-refractivity contribution in [3.05, 3.63) is 70.4 Å². The van der Waals surface area contributed by atoms with Gasteiger partial charge < -0.3 is 20.1 Å². The maximum Gasteiger partial charge on any atom is 0.265 e. The molecule has 0 spiro atoms. The Morgan fingerprint density at radius 1 is 0.973 bits per heavy atom. The van der Waals surface area contributed by atoms with Crippen LogP contribution < -0.4 is 20.1 Å². The molecule has 3 N–H and O–H groups in total. The van der Waals surface area contributed by atoms with Crippen molar-refractivity contribution < 1.29 is 27.5 Å². The molecule has 0 saturated carbocycles. The second-order valence-corrected chi connectivity index (χ2v) is 11.0. The molecule has 37 heavy (non-hydrogen) atoms. The molecular weight excluding hydrogens is 516 g/mol. The van der Waals surface area contributed by atoms with Gasteiger partial charge in [-0.15, -0.1) is 11.3 Å². The SMILES string of the molecule is CS(=O)(=O)Nc1cccc(NC(=O)c2cc(C(=O)Nc3ccc(OCCN4CCOCC4)cc3)cs2)c1. The summed E-state index contributed by atoms with van der Waals surface area (Å²) < 4.78 is 36.3. The Bertz CT molecular complexity index is 1340. The van der Waals surface area contributed by atoms with Gasteiger partial charge in [-0.1, -0.05) is 6.07 Å². The molecule has 0 radical (unpaired) electrons. The molecule has 2 amide bonds. The van der Waals surface area contributed by atoms with Crippen LogP contribution in [-0.2, 0) is 14.8 Å². The van der Waals surface area contributed by atoms with E-state index >= 15 is 0 Å². The molecule has 1 aliphatic heterocycles. The standard InChI is InChI=1S/C25H28N4O6S2/c1-37(32,33)28-21-4-2-3-20(16-21)27-25(31)23-15-18(17-36-23)24(30)26-19-5-7-22(8-6-19)35-14-11-29-9-12-34-13-10-29/h2-8,15-17,28H,9-14H2,1H3,(H,26,30)(H,27,31). The summed E-state index contributed by atoms with van der Waals surface area (Å²) in [4.78, 5) is 27.9. The van der Waals surface area contributed by atoms with Gasteiger partial charge in [-0.25, -0.2) is 8.42 Å². The monoisotopic (exact) mass is 544 g/mol. The summed E-state index contributed by atoms with van der Waals surface area (Å²) in [6.07, 6.45) is 1.05. The lowest BCUT2D eigenvalue weighted by molar-refractivity contribution is 0.0322. The average Bonchev–Trinajstić information content (AvgIpc) is 3.36. The van der Waals surface area contributed by atoms with Crippen LogP contribution in [0.25, 0.3) is 0 Å². The largest absolute Gasteiger partial charge is 0.492 e. The molecule has 0 unspecified atom stereocenters. The number of amides is 2. The van der Waals surface area contributed by atoms with Crippen molar-refractivity contribution in [2.75, 3.05) is 61.1 Å². The number of carbonyl (C=O) groups excluding carboxylic acids is 2. The Labute approximate surface area is 219 Å². The Morgan fingerprint density at radius 2 is 1.68 bits per heavy atom. The lowest BCUT2D eigenvalue weighted by atomic mass is 10.2. The highest BCUT2D eigenvalue weighted by Crippen LogP contribution is 2.21. The van der Waals surface area contributed by atoms with Crippen molar-refractivity contribution in [3.8, 4) is 5.75 Å². The highest BCUT2D eigenvalue weighted by molar-refractivity contribution is 7.92. The van der Waals surface area contributed by atoms with Crippen molar-refractivity contribution in [2.45, 2.75) is 0 Å². The maximum atomic E-state index is 12.7. The summed E-state index contributed by atoms with van der Waals surface area (Å²) in [5.41, 5.74) is 1.72. The highest BCUT2D eigenvalue weighted by atomic mass is 32.2. The van der Waals surface area contributed by atoms with E-state index in [4.69, 9.17) is 9.47 Å².